The fourth-order valence-electron chi connectivity index (χ4n) is 4.53. The fraction of sp³-hybridized carbons (Fsp3) is 0.400. The van der Waals surface area contributed by atoms with E-state index in [1.807, 2.05) is 57.2 Å². The van der Waals surface area contributed by atoms with Crippen molar-refractivity contribution in [2.45, 2.75) is 52.0 Å². The van der Waals surface area contributed by atoms with Gasteiger partial charge in [-0.1, -0.05) is 43.5 Å². The normalized spacial score (nSPS) is 22.8. The zero-order chi connectivity index (χ0) is 23.6. The molecule has 0 bridgehead atoms. The molecule has 4 rings (SSSR count). The van der Waals surface area contributed by atoms with Gasteiger partial charge in [-0.25, -0.2) is 4.79 Å². The SMILES string of the molecule is Cc1ccc(N=Nc2cc(C)ccc2NC(=O)CN2C(=O)NC3(CCCCC3C)C2=O)cc1. The van der Waals surface area contributed by atoms with Crippen molar-refractivity contribution in [2.75, 3.05) is 11.9 Å². The molecule has 2 atom stereocenters. The molecule has 172 valence electrons. The summed E-state index contributed by atoms with van der Waals surface area (Å²) in [7, 11) is 0. The van der Waals surface area contributed by atoms with Crippen LogP contribution >= 0.6 is 0 Å². The van der Waals surface area contributed by atoms with Gasteiger partial charge >= 0.3 is 6.03 Å². The van der Waals surface area contributed by atoms with Crippen molar-refractivity contribution in [2.24, 2.45) is 16.1 Å². The van der Waals surface area contributed by atoms with Crippen LogP contribution in [-0.4, -0.2) is 34.8 Å². The maximum absolute atomic E-state index is 13.1. The molecule has 1 spiro atoms. The number of hydrogen-bond acceptors (Lipinski definition) is 5. The Morgan fingerprint density at radius 1 is 1.09 bits per heavy atom. The van der Waals surface area contributed by atoms with Gasteiger partial charge in [0.05, 0.1) is 11.4 Å². The number of nitrogens with zero attached hydrogens (tertiary/aromatic N) is 3. The number of carbonyl (C=O) groups excluding carboxylic acids is 3. The molecule has 8 nitrogen and oxygen atoms in total. The molecule has 1 heterocycles. The molecular formula is C25H29N5O3. The summed E-state index contributed by atoms with van der Waals surface area (Å²) in [5, 5.41) is 14.2. The van der Waals surface area contributed by atoms with Gasteiger partial charge in [0.15, 0.2) is 0 Å². The summed E-state index contributed by atoms with van der Waals surface area (Å²) in [4.78, 5) is 39.5. The number of nitrogens with one attached hydrogen (secondary N) is 2. The van der Waals surface area contributed by atoms with Crippen LogP contribution in [0.1, 0.15) is 43.7 Å². The third-order valence-corrected chi connectivity index (χ3v) is 6.54. The topological polar surface area (TPSA) is 103 Å². The molecule has 2 aliphatic rings. The average molecular weight is 448 g/mol. The molecule has 2 aromatic carbocycles. The highest BCUT2D eigenvalue weighted by atomic mass is 16.2. The second-order valence-corrected chi connectivity index (χ2v) is 9.04. The third kappa shape index (κ3) is 4.65. The fourth-order valence-corrected chi connectivity index (χ4v) is 4.53. The molecule has 2 aromatic rings. The lowest BCUT2D eigenvalue weighted by atomic mass is 9.73. The molecule has 1 saturated heterocycles. The molecule has 0 aromatic heterocycles. The van der Waals surface area contributed by atoms with Crippen LogP contribution in [-0.2, 0) is 9.59 Å². The lowest BCUT2D eigenvalue weighted by Gasteiger charge is -2.36. The Balaban J connectivity index is 1.48. The Morgan fingerprint density at radius 2 is 1.82 bits per heavy atom. The second-order valence-electron chi connectivity index (χ2n) is 9.04. The van der Waals surface area contributed by atoms with E-state index in [1.54, 1.807) is 6.07 Å². The minimum Gasteiger partial charge on any atom is -0.323 e. The summed E-state index contributed by atoms with van der Waals surface area (Å²) in [5.74, 6) is -0.727. The minimum absolute atomic E-state index is 0.0432. The first kappa shape index (κ1) is 22.6. The van der Waals surface area contributed by atoms with Gasteiger partial charge in [-0.15, -0.1) is 5.11 Å². The van der Waals surface area contributed by atoms with E-state index in [4.69, 9.17) is 0 Å². The summed E-state index contributed by atoms with van der Waals surface area (Å²) in [6.07, 6.45) is 3.41. The van der Waals surface area contributed by atoms with E-state index in [9.17, 15) is 14.4 Å². The summed E-state index contributed by atoms with van der Waals surface area (Å²) in [6.45, 7) is 5.56. The Labute approximate surface area is 193 Å². The summed E-state index contributed by atoms with van der Waals surface area (Å²) < 4.78 is 0. The predicted molar refractivity (Wildman–Crippen MR) is 126 cm³/mol. The standard InChI is InChI=1S/C25H29N5O3/c1-16-7-10-19(11-8-16)28-29-21-14-17(2)9-12-20(21)26-22(31)15-30-23(32)25(27-24(30)33)13-5-4-6-18(25)3/h7-12,14,18H,4-6,13,15H2,1-3H3,(H,26,31)(H,27,33). The first-order chi connectivity index (χ1) is 15.8. The van der Waals surface area contributed by atoms with E-state index < -0.39 is 17.5 Å². The van der Waals surface area contributed by atoms with Crippen LogP contribution in [0.15, 0.2) is 52.7 Å². The number of benzene rings is 2. The van der Waals surface area contributed by atoms with E-state index in [2.05, 4.69) is 20.9 Å². The maximum Gasteiger partial charge on any atom is 0.325 e. The van der Waals surface area contributed by atoms with Crippen molar-refractivity contribution in [1.29, 1.82) is 0 Å². The number of anilines is 1. The van der Waals surface area contributed by atoms with Crippen molar-refractivity contribution < 1.29 is 14.4 Å². The predicted octanol–water partition coefficient (Wildman–Crippen LogP) is 5.16. The van der Waals surface area contributed by atoms with Crippen LogP contribution in [0.2, 0.25) is 0 Å². The zero-order valence-corrected chi connectivity index (χ0v) is 19.2. The van der Waals surface area contributed by atoms with Crippen molar-refractivity contribution >= 4 is 34.9 Å². The van der Waals surface area contributed by atoms with Crippen molar-refractivity contribution in [1.82, 2.24) is 10.2 Å². The Morgan fingerprint density at radius 3 is 2.55 bits per heavy atom. The number of amides is 4. The van der Waals surface area contributed by atoms with E-state index in [0.29, 0.717) is 23.5 Å². The largest absolute Gasteiger partial charge is 0.325 e. The van der Waals surface area contributed by atoms with E-state index >= 15 is 0 Å². The van der Waals surface area contributed by atoms with Gasteiger partial charge in [0, 0.05) is 0 Å². The molecule has 1 aliphatic carbocycles. The molecule has 2 fully saturated rings. The van der Waals surface area contributed by atoms with Gasteiger partial charge in [-0.05, 0) is 62.4 Å². The lowest BCUT2D eigenvalue weighted by molar-refractivity contribution is -0.136. The van der Waals surface area contributed by atoms with Crippen molar-refractivity contribution in [3.05, 3.63) is 53.6 Å². The van der Waals surface area contributed by atoms with Crippen LogP contribution < -0.4 is 10.6 Å². The van der Waals surface area contributed by atoms with Gasteiger partial charge in [-0.2, -0.15) is 5.11 Å². The molecule has 33 heavy (non-hydrogen) atoms. The highest BCUT2D eigenvalue weighted by Crippen LogP contribution is 2.38. The van der Waals surface area contributed by atoms with E-state index in [0.717, 1.165) is 35.3 Å². The van der Waals surface area contributed by atoms with Crippen molar-refractivity contribution in [3.8, 4) is 0 Å². The lowest BCUT2D eigenvalue weighted by Crippen LogP contribution is -2.54. The molecule has 1 aliphatic heterocycles. The first-order valence-corrected chi connectivity index (χ1v) is 11.3. The highest BCUT2D eigenvalue weighted by Gasteiger charge is 2.55. The summed E-state index contributed by atoms with van der Waals surface area (Å²) in [5.41, 5.74) is 2.88. The minimum atomic E-state index is -0.882. The Hall–Kier alpha value is -3.55. The number of hydrogen-bond donors (Lipinski definition) is 2. The van der Waals surface area contributed by atoms with E-state index in [-0.39, 0.29) is 18.4 Å². The Kier molecular flexibility index (Phi) is 6.26. The number of aryl methyl sites for hydroxylation is 2. The number of carbonyl (C=O) groups is 3. The van der Waals surface area contributed by atoms with Crippen LogP contribution in [0.5, 0.6) is 0 Å². The van der Waals surface area contributed by atoms with Crippen molar-refractivity contribution in [3.63, 3.8) is 0 Å². The quantitative estimate of drug-likeness (QED) is 0.489. The number of azo groups is 1. The summed E-state index contributed by atoms with van der Waals surface area (Å²) >= 11 is 0. The first-order valence-electron chi connectivity index (χ1n) is 11.3. The molecule has 2 N–H and O–H groups in total. The maximum atomic E-state index is 13.1. The molecule has 2 unspecified atom stereocenters. The number of urea groups is 1. The molecule has 8 heteroatoms. The number of imide groups is 1. The molecule has 4 amide bonds. The Bertz CT molecular complexity index is 1110. The molecule has 1 saturated carbocycles. The number of rotatable bonds is 5. The van der Waals surface area contributed by atoms with Crippen LogP contribution in [0.3, 0.4) is 0 Å². The van der Waals surface area contributed by atoms with Crippen LogP contribution in [0, 0.1) is 19.8 Å². The van der Waals surface area contributed by atoms with Gasteiger partial charge < -0.3 is 10.6 Å². The zero-order valence-electron chi connectivity index (χ0n) is 19.2. The second kappa shape index (κ2) is 9.13. The van der Waals surface area contributed by atoms with Gasteiger partial charge in [-0.3, -0.25) is 14.5 Å². The van der Waals surface area contributed by atoms with Crippen LogP contribution in [0.25, 0.3) is 0 Å². The van der Waals surface area contributed by atoms with Gasteiger partial charge in [0.2, 0.25) is 5.91 Å². The summed E-state index contributed by atoms with van der Waals surface area (Å²) in [6, 6.07) is 12.5. The van der Waals surface area contributed by atoms with Gasteiger partial charge in [0.25, 0.3) is 5.91 Å². The smallest absolute Gasteiger partial charge is 0.323 e. The van der Waals surface area contributed by atoms with E-state index in [1.165, 1.54) is 0 Å². The van der Waals surface area contributed by atoms with Crippen LogP contribution in [0.4, 0.5) is 21.9 Å². The molecule has 0 radical (unpaired) electrons. The average Bonchev–Trinajstić information content (AvgIpc) is 3.02. The monoisotopic (exact) mass is 447 g/mol. The highest BCUT2D eigenvalue weighted by molar-refractivity contribution is 6.10. The molecular weight excluding hydrogens is 418 g/mol. The van der Waals surface area contributed by atoms with Gasteiger partial charge in [0.1, 0.15) is 17.8 Å². The third-order valence-electron chi connectivity index (χ3n) is 6.54.